The number of hydrogen-bond acceptors (Lipinski definition) is 4. The Morgan fingerprint density at radius 2 is 1.64 bits per heavy atom. The number of likely N-dealkylation sites (tertiary alicyclic amines) is 1. The first-order valence-electron chi connectivity index (χ1n) is 16.8. The van der Waals surface area contributed by atoms with Gasteiger partial charge in [0, 0.05) is 31.2 Å². The summed E-state index contributed by atoms with van der Waals surface area (Å²) in [5, 5.41) is 1.95. The van der Waals surface area contributed by atoms with Crippen LogP contribution in [0.25, 0.3) is 11.0 Å². The number of rotatable bonds is 7. The van der Waals surface area contributed by atoms with Crippen molar-refractivity contribution in [2.45, 2.75) is 108 Å². The Kier molecular flexibility index (Phi) is 8.91. The Morgan fingerprint density at radius 1 is 0.979 bits per heavy atom. The van der Waals surface area contributed by atoms with Gasteiger partial charge in [-0.3, -0.25) is 14.5 Å². The molecule has 254 valence electrons. The molecule has 3 aliphatic rings. The van der Waals surface area contributed by atoms with E-state index in [1.165, 1.54) is 11.6 Å². The number of imidazole rings is 1. The van der Waals surface area contributed by atoms with Crippen LogP contribution < -0.4 is 5.32 Å². The molecule has 3 aromatic rings. The van der Waals surface area contributed by atoms with E-state index in [4.69, 9.17) is 4.98 Å². The van der Waals surface area contributed by atoms with Gasteiger partial charge in [0.25, 0.3) is 0 Å². The molecule has 0 spiro atoms. The van der Waals surface area contributed by atoms with Crippen molar-refractivity contribution in [2.24, 2.45) is 5.41 Å². The minimum atomic E-state index is -5.09. The molecule has 0 radical (unpaired) electrons. The second-order valence-corrected chi connectivity index (χ2v) is 14.9. The number of aromatic nitrogens is 2. The molecule has 3 fully saturated rings. The second kappa shape index (κ2) is 12.5. The first-order chi connectivity index (χ1) is 22.2. The Balaban J connectivity index is 1.17. The van der Waals surface area contributed by atoms with Crippen LogP contribution in [0.4, 0.5) is 17.6 Å². The van der Waals surface area contributed by atoms with Gasteiger partial charge in [-0.1, -0.05) is 45.0 Å². The van der Waals surface area contributed by atoms with Crippen LogP contribution in [0.3, 0.4) is 0 Å². The van der Waals surface area contributed by atoms with E-state index in [0.29, 0.717) is 44.1 Å². The SMILES string of the molecule is Cc1nc2ccccc2n1C1CC2CCC(C1)N2CCC1(c2cccc(F)c2)CCN(C(=O)[C@@H](NC(=O)C(F)(F)F)C(C)(C)C)CC1. The van der Waals surface area contributed by atoms with E-state index in [-0.39, 0.29) is 5.82 Å². The summed E-state index contributed by atoms with van der Waals surface area (Å²) < 4.78 is 56.4. The average molecular weight is 656 g/mol. The summed E-state index contributed by atoms with van der Waals surface area (Å²) in [6.45, 7) is 8.48. The van der Waals surface area contributed by atoms with E-state index >= 15 is 0 Å². The van der Waals surface area contributed by atoms with Gasteiger partial charge >= 0.3 is 12.1 Å². The molecular weight excluding hydrogens is 610 g/mol. The number of hydrogen-bond donors (Lipinski definition) is 1. The third-order valence-corrected chi connectivity index (χ3v) is 11.0. The maximum atomic E-state index is 14.6. The van der Waals surface area contributed by atoms with E-state index in [0.717, 1.165) is 55.6 Å². The van der Waals surface area contributed by atoms with Crippen LogP contribution >= 0.6 is 0 Å². The second-order valence-electron chi connectivity index (χ2n) is 14.9. The van der Waals surface area contributed by atoms with Gasteiger partial charge in [0.1, 0.15) is 17.7 Å². The van der Waals surface area contributed by atoms with Crippen molar-refractivity contribution in [3.05, 3.63) is 65.7 Å². The first kappa shape index (κ1) is 33.4. The average Bonchev–Trinajstić information content (AvgIpc) is 3.47. The van der Waals surface area contributed by atoms with Crippen LogP contribution in [0.5, 0.6) is 0 Å². The summed E-state index contributed by atoms with van der Waals surface area (Å²) in [6.07, 6.45) is 1.18. The van der Waals surface area contributed by atoms with E-state index in [9.17, 15) is 27.2 Å². The highest BCUT2D eigenvalue weighted by Crippen LogP contribution is 2.45. The van der Waals surface area contributed by atoms with Gasteiger partial charge in [-0.25, -0.2) is 9.37 Å². The van der Waals surface area contributed by atoms with Crippen LogP contribution in [0.1, 0.15) is 83.1 Å². The molecule has 3 saturated heterocycles. The highest BCUT2D eigenvalue weighted by Gasteiger charge is 2.47. The van der Waals surface area contributed by atoms with Crippen LogP contribution in [0.2, 0.25) is 0 Å². The lowest BCUT2D eigenvalue weighted by Gasteiger charge is -2.46. The molecule has 0 aliphatic carbocycles. The van der Waals surface area contributed by atoms with Crippen molar-refractivity contribution in [3.8, 4) is 0 Å². The number of nitrogens with one attached hydrogen (secondary N) is 1. The molecule has 11 heteroatoms. The number of fused-ring (bicyclic) bond motifs is 3. The number of nitrogens with zero attached hydrogens (tertiary/aromatic N) is 4. The molecule has 47 heavy (non-hydrogen) atoms. The number of amides is 2. The number of halogens is 4. The van der Waals surface area contributed by atoms with Crippen LogP contribution in [0.15, 0.2) is 48.5 Å². The fraction of sp³-hybridized carbons (Fsp3) is 0.583. The summed E-state index contributed by atoms with van der Waals surface area (Å²) in [5.74, 6) is -1.91. The zero-order valence-electron chi connectivity index (χ0n) is 27.6. The maximum absolute atomic E-state index is 14.6. The summed E-state index contributed by atoms with van der Waals surface area (Å²) in [4.78, 5) is 34.5. The molecule has 2 bridgehead atoms. The predicted octanol–water partition coefficient (Wildman–Crippen LogP) is 6.70. The topological polar surface area (TPSA) is 70.5 Å². The number of carbonyl (C=O) groups is 2. The molecule has 0 saturated carbocycles. The highest BCUT2D eigenvalue weighted by atomic mass is 19.4. The van der Waals surface area contributed by atoms with Gasteiger partial charge in [0.2, 0.25) is 5.91 Å². The molecule has 6 rings (SSSR count). The van der Waals surface area contributed by atoms with Crippen molar-refractivity contribution in [1.29, 1.82) is 0 Å². The normalized spacial score (nSPS) is 24.0. The third-order valence-electron chi connectivity index (χ3n) is 11.0. The lowest BCUT2D eigenvalue weighted by atomic mass is 9.70. The number of alkyl halides is 3. The lowest BCUT2D eigenvalue weighted by molar-refractivity contribution is -0.176. The van der Waals surface area contributed by atoms with E-state index in [1.54, 1.807) is 37.8 Å². The molecule has 3 atom stereocenters. The molecule has 2 aromatic carbocycles. The number of para-hydroxylation sites is 2. The molecule has 2 amide bonds. The van der Waals surface area contributed by atoms with Crippen LogP contribution in [-0.2, 0) is 15.0 Å². The maximum Gasteiger partial charge on any atom is 0.471 e. The smallest absolute Gasteiger partial charge is 0.341 e. The van der Waals surface area contributed by atoms with Gasteiger partial charge in [-0.05, 0) is 99.1 Å². The predicted molar refractivity (Wildman–Crippen MR) is 172 cm³/mol. The molecule has 3 aliphatic heterocycles. The Hall–Kier alpha value is -3.47. The zero-order valence-corrected chi connectivity index (χ0v) is 27.6. The van der Waals surface area contributed by atoms with Crippen LogP contribution in [-0.4, -0.2) is 75.1 Å². The summed E-state index contributed by atoms with van der Waals surface area (Å²) in [6, 6.07) is 14.9. The lowest BCUT2D eigenvalue weighted by Crippen LogP contribution is -2.59. The van der Waals surface area contributed by atoms with Crippen molar-refractivity contribution in [2.75, 3.05) is 19.6 Å². The minimum Gasteiger partial charge on any atom is -0.341 e. The number of benzene rings is 2. The third kappa shape index (κ3) is 6.65. The van der Waals surface area contributed by atoms with Crippen molar-refractivity contribution in [3.63, 3.8) is 0 Å². The van der Waals surface area contributed by atoms with E-state index < -0.39 is 34.9 Å². The number of aryl methyl sites for hydroxylation is 1. The minimum absolute atomic E-state index is 0.311. The standard InChI is InChI=1S/C36H45F4N5O2/c1-23-41-29-10-5-6-11-30(29)45(23)28-21-26-12-13-27(22-28)44(26)19-16-35(24-8-7-9-25(37)20-24)14-17-43(18-15-35)32(46)31(34(2,3)4)42-33(47)36(38,39)40/h5-11,20,26-28,31H,12-19,21-22H2,1-4H3,(H,42,47)/t26?,27?,28?,31-/m1/s1. The van der Waals surface area contributed by atoms with E-state index in [1.807, 2.05) is 17.4 Å². The van der Waals surface area contributed by atoms with Gasteiger partial charge in [0.05, 0.1) is 11.0 Å². The quantitative estimate of drug-likeness (QED) is 0.288. The van der Waals surface area contributed by atoms with Gasteiger partial charge in [0.15, 0.2) is 0 Å². The largest absolute Gasteiger partial charge is 0.471 e. The summed E-state index contributed by atoms with van der Waals surface area (Å²) in [5.41, 5.74) is 1.78. The molecule has 1 aromatic heterocycles. The van der Waals surface area contributed by atoms with Crippen molar-refractivity contribution >= 4 is 22.8 Å². The fourth-order valence-corrected chi connectivity index (χ4v) is 8.49. The zero-order chi connectivity index (χ0) is 33.7. The Morgan fingerprint density at radius 3 is 2.26 bits per heavy atom. The van der Waals surface area contributed by atoms with Gasteiger partial charge < -0.3 is 14.8 Å². The molecular formula is C36H45F4N5O2. The van der Waals surface area contributed by atoms with Crippen molar-refractivity contribution < 1.29 is 27.2 Å². The van der Waals surface area contributed by atoms with E-state index in [2.05, 4.69) is 34.6 Å². The Bertz CT molecular complexity index is 1610. The highest BCUT2D eigenvalue weighted by molar-refractivity contribution is 5.90. The molecule has 1 N–H and O–H groups in total. The summed E-state index contributed by atoms with van der Waals surface area (Å²) in [7, 11) is 0. The monoisotopic (exact) mass is 655 g/mol. The summed E-state index contributed by atoms with van der Waals surface area (Å²) >= 11 is 0. The first-order valence-corrected chi connectivity index (χ1v) is 16.8. The molecule has 2 unspecified atom stereocenters. The van der Waals surface area contributed by atoms with Crippen molar-refractivity contribution in [1.82, 2.24) is 24.7 Å². The van der Waals surface area contributed by atoms with Gasteiger partial charge in [-0.2, -0.15) is 13.2 Å². The number of carbonyl (C=O) groups excluding carboxylic acids is 2. The van der Waals surface area contributed by atoms with Gasteiger partial charge in [-0.15, -0.1) is 0 Å². The fourth-order valence-electron chi connectivity index (χ4n) is 8.49. The van der Waals surface area contributed by atoms with Crippen LogP contribution in [0, 0.1) is 18.2 Å². The number of piperidine rings is 2. The Labute approximate surface area is 273 Å². The molecule has 7 nitrogen and oxygen atoms in total. The molecule has 4 heterocycles.